The molecule has 7 nitrogen and oxygen atoms in total. The summed E-state index contributed by atoms with van der Waals surface area (Å²) in [6.45, 7) is 9.12. The van der Waals surface area contributed by atoms with Gasteiger partial charge in [0.05, 0.1) is 6.67 Å². The molecule has 25 heavy (non-hydrogen) atoms. The summed E-state index contributed by atoms with van der Waals surface area (Å²) in [4.78, 5) is 4.16. The Hall–Kier alpha value is -1.74. The van der Waals surface area contributed by atoms with Gasteiger partial charge in [-0.15, -0.1) is 6.58 Å². The summed E-state index contributed by atoms with van der Waals surface area (Å²) < 4.78 is 108. The monoisotopic (exact) mass is 417 g/mol. The first-order valence-corrected chi connectivity index (χ1v) is 8.86. The number of nitrogens with one attached hydrogen (secondary N) is 1. The molecule has 1 aliphatic heterocycles. The van der Waals surface area contributed by atoms with E-state index < -0.39 is 35.2 Å². The van der Waals surface area contributed by atoms with Crippen LogP contribution in [0.5, 0.6) is 0 Å². The summed E-state index contributed by atoms with van der Waals surface area (Å²) in [5, 5.41) is 0. The number of hydrogen-bond donors (Lipinski definition) is 1. The molecule has 146 valence electrons. The zero-order chi connectivity index (χ0) is 20.1. The molecule has 0 radical (unpaired) electrons. The number of alkyl halides is 6. The summed E-state index contributed by atoms with van der Waals surface area (Å²) in [6, 6.07) is 0. The van der Waals surface area contributed by atoms with E-state index in [4.69, 9.17) is 0 Å². The molecule has 0 aromatic rings. The number of nitrogens with zero attached hydrogens (tertiary/aromatic N) is 2. The molecule has 0 spiro atoms. The van der Waals surface area contributed by atoms with E-state index in [9.17, 15) is 43.2 Å². The minimum Gasteiger partial charge on any atom is -0.355 e. The van der Waals surface area contributed by atoms with Crippen LogP contribution in [0.2, 0.25) is 0 Å². The van der Waals surface area contributed by atoms with E-state index in [0.29, 0.717) is 0 Å². The van der Waals surface area contributed by atoms with Gasteiger partial charge in [-0.1, -0.05) is 16.8 Å². The average Bonchev–Trinajstić information content (AvgIpc) is 2.84. The van der Waals surface area contributed by atoms with Crippen molar-refractivity contribution in [3.8, 4) is 0 Å². The Morgan fingerprint density at radius 3 is 1.68 bits per heavy atom. The lowest BCUT2D eigenvalue weighted by molar-refractivity contribution is -0.0476. The van der Waals surface area contributed by atoms with Gasteiger partial charge in [0, 0.05) is 18.9 Å². The maximum absolute atomic E-state index is 11.5. The lowest BCUT2D eigenvalue weighted by Gasteiger charge is -2.15. The van der Waals surface area contributed by atoms with Crippen molar-refractivity contribution in [2.45, 2.75) is 11.0 Å². The molecule has 1 aliphatic rings. The van der Waals surface area contributed by atoms with Crippen molar-refractivity contribution in [1.82, 2.24) is 13.9 Å². The molecule has 1 heterocycles. The normalized spacial score (nSPS) is 15.6. The third-order valence-electron chi connectivity index (χ3n) is 2.24. The fourth-order valence-corrected chi connectivity index (χ4v) is 3.04. The highest BCUT2D eigenvalue weighted by atomic mass is 32.3. The highest BCUT2D eigenvalue weighted by Gasteiger charge is 2.55. The molecular weight excluding hydrogens is 404 g/mol. The molecule has 0 aliphatic carbocycles. The molecule has 0 amide bonds. The number of hydrogen-bond acceptors (Lipinski definition) is 6. The van der Waals surface area contributed by atoms with Crippen LogP contribution in [-0.4, -0.2) is 50.9 Å². The average molecular weight is 417 g/mol. The Morgan fingerprint density at radius 2 is 1.40 bits per heavy atom. The minimum atomic E-state index is -6.60. The van der Waals surface area contributed by atoms with Crippen LogP contribution in [0.15, 0.2) is 37.8 Å². The Bertz CT molecular complexity index is 670. The zero-order valence-electron chi connectivity index (χ0n) is 12.2. The molecule has 0 aromatic heterocycles. The van der Waals surface area contributed by atoms with Crippen LogP contribution in [0, 0.1) is 0 Å². The summed E-state index contributed by atoms with van der Waals surface area (Å²) in [7, 11) is -13.2. The van der Waals surface area contributed by atoms with E-state index >= 15 is 0 Å². The topological polar surface area (TPSA) is 86.8 Å². The van der Waals surface area contributed by atoms with Crippen molar-refractivity contribution >= 4 is 20.0 Å². The maximum atomic E-state index is 11.5. The molecule has 1 rings (SSSR count). The standard InChI is InChI=1S/C8H12N2.C2HF6NO4S2/c1-3-5-10-7-6-9(4-2)8-10;3-1(4,5)14(10,11)9-15(12,13)2(6,7)8/h3-4,6-7H,1-2,5,8H2;9H. The maximum Gasteiger partial charge on any atom is 0.512 e. The molecule has 0 unspecified atom stereocenters. The van der Waals surface area contributed by atoms with Gasteiger partial charge >= 0.3 is 31.1 Å². The largest absolute Gasteiger partial charge is 0.512 e. The van der Waals surface area contributed by atoms with Gasteiger partial charge in [-0.3, -0.25) is 0 Å². The second kappa shape index (κ2) is 8.09. The van der Waals surface area contributed by atoms with Gasteiger partial charge in [0.1, 0.15) is 0 Å². The van der Waals surface area contributed by atoms with E-state index in [-0.39, 0.29) is 0 Å². The van der Waals surface area contributed by atoms with Gasteiger partial charge in [-0.25, -0.2) is 16.8 Å². The Balaban J connectivity index is 0.000000496. The van der Waals surface area contributed by atoms with Crippen LogP contribution in [0.4, 0.5) is 26.3 Å². The second-order valence-corrected chi connectivity index (χ2v) is 7.78. The smallest absolute Gasteiger partial charge is 0.355 e. The van der Waals surface area contributed by atoms with Gasteiger partial charge in [0.15, 0.2) is 0 Å². The van der Waals surface area contributed by atoms with Crippen LogP contribution in [0.3, 0.4) is 0 Å². The molecular formula is C10H13F6N3O4S2. The van der Waals surface area contributed by atoms with Gasteiger partial charge in [-0.05, 0) is 6.20 Å². The predicted octanol–water partition coefficient (Wildman–Crippen LogP) is 1.64. The van der Waals surface area contributed by atoms with Crippen LogP contribution in [0.25, 0.3) is 0 Å². The molecule has 15 heteroatoms. The Morgan fingerprint density at radius 1 is 0.960 bits per heavy atom. The van der Waals surface area contributed by atoms with Crippen LogP contribution in [0.1, 0.15) is 0 Å². The molecule has 0 saturated heterocycles. The van der Waals surface area contributed by atoms with Crippen LogP contribution >= 0.6 is 0 Å². The van der Waals surface area contributed by atoms with Gasteiger partial charge in [-0.2, -0.15) is 26.3 Å². The van der Waals surface area contributed by atoms with E-state index in [1.807, 2.05) is 23.4 Å². The predicted molar refractivity (Wildman–Crippen MR) is 76.0 cm³/mol. The fraction of sp³-hybridized carbons (Fsp3) is 0.400. The molecule has 0 fully saturated rings. The number of rotatable bonds is 5. The molecule has 0 atom stereocenters. The van der Waals surface area contributed by atoms with Crippen LogP contribution < -0.4 is 4.13 Å². The molecule has 1 N–H and O–H groups in total. The fourth-order valence-electron chi connectivity index (χ4n) is 1.13. The minimum absolute atomic E-state index is 0.493. The molecule has 0 aromatic carbocycles. The highest BCUT2D eigenvalue weighted by molar-refractivity contribution is 8.05. The third-order valence-corrected chi connectivity index (χ3v) is 5.22. The summed E-state index contributed by atoms with van der Waals surface area (Å²) in [5.74, 6) is 0. The van der Waals surface area contributed by atoms with Crippen molar-refractivity contribution < 1.29 is 43.2 Å². The van der Waals surface area contributed by atoms with E-state index in [2.05, 4.69) is 18.1 Å². The summed E-state index contributed by atoms with van der Waals surface area (Å²) in [6.07, 6.45) is 7.72. The summed E-state index contributed by atoms with van der Waals surface area (Å²) in [5.41, 5.74) is -12.3. The Kier molecular flexibility index (Phi) is 7.53. The van der Waals surface area contributed by atoms with E-state index in [1.165, 1.54) is 0 Å². The number of sulfonamides is 2. The second-order valence-electron chi connectivity index (χ2n) is 4.18. The first-order valence-electron chi connectivity index (χ1n) is 5.90. The lowest BCUT2D eigenvalue weighted by atomic mass is 10.6. The van der Waals surface area contributed by atoms with Crippen molar-refractivity contribution in [2.75, 3.05) is 13.2 Å². The van der Waals surface area contributed by atoms with Crippen molar-refractivity contribution in [2.24, 2.45) is 0 Å². The van der Waals surface area contributed by atoms with Crippen molar-refractivity contribution in [3.05, 3.63) is 37.8 Å². The van der Waals surface area contributed by atoms with E-state index in [0.717, 1.165) is 13.2 Å². The lowest BCUT2D eigenvalue weighted by Crippen LogP contribution is -2.45. The van der Waals surface area contributed by atoms with Crippen LogP contribution in [-0.2, 0) is 20.0 Å². The summed E-state index contributed by atoms with van der Waals surface area (Å²) >= 11 is 0. The third kappa shape index (κ3) is 6.95. The van der Waals surface area contributed by atoms with Gasteiger partial charge in [0.25, 0.3) is 0 Å². The zero-order valence-corrected chi connectivity index (χ0v) is 13.9. The van der Waals surface area contributed by atoms with E-state index in [1.54, 1.807) is 6.20 Å². The van der Waals surface area contributed by atoms with Crippen molar-refractivity contribution in [1.29, 1.82) is 0 Å². The first-order chi connectivity index (χ1) is 11.1. The molecule has 0 bridgehead atoms. The van der Waals surface area contributed by atoms with Gasteiger partial charge < -0.3 is 9.80 Å². The Labute approximate surface area is 140 Å². The first kappa shape index (κ1) is 23.3. The van der Waals surface area contributed by atoms with Gasteiger partial charge in [0.2, 0.25) is 0 Å². The quantitative estimate of drug-likeness (QED) is 0.541. The van der Waals surface area contributed by atoms with Crippen molar-refractivity contribution in [3.63, 3.8) is 0 Å². The highest BCUT2D eigenvalue weighted by Crippen LogP contribution is 2.27. The number of halogens is 6. The SMILES string of the molecule is C=CCN1C=CN(C=C)C1.O=S(=O)(NS(=O)(=O)C(F)(F)F)C(F)(F)F. The molecule has 0 saturated carbocycles.